The molecule has 1 rings (SSSR count). The Morgan fingerprint density at radius 1 is 1.11 bits per heavy atom. The van der Waals surface area contributed by atoms with Crippen molar-refractivity contribution >= 4 is 10.0 Å². The van der Waals surface area contributed by atoms with Crippen molar-refractivity contribution in [3.8, 4) is 0 Å². The third kappa shape index (κ3) is 3.44. The fourth-order valence-corrected chi connectivity index (χ4v) is 2.34. The van der Waals surface area contributed by atoms with Gasteiger partial charge < -0.3 is 5.32 Å². The maximum Gasteiger partial charge on any atom is 0.243 e. The zero-order chi connectivity index (χ0) is 13.8. The van der Waals surface area contributed by atoms with E-state index < -0.39 is 32.4 Å². The Morgan fingerprint density at radius 3 is 2.39 bits per heavy atom. The minimum absolute atomic E-state index is 0.0224. The lowest BCUT2D eigenvalue weighted by Crippen LogP contribution is -2.32. The maximum atomic E-state index is 13.3. The zero-order valence-electron chi connectivity index (χ0n) is 9.63. The highest BCUT2D eigenvalue weighted by atomic mass is 32.2. The standard InChI is InChI=1S/C10H13F3N2O2S/c1-2-14-5-6-15-18(16,17)8-4-3-7(11)9(12)10(8)13/h3-4,14-15H,2,5-6H2,1H3. The van der Waals surface area contributed by atoms with Gasteiger partial charge in [-0.05, 0) is 18.7 Å². The van der Waals surface area contributed by atoms with Crippen LogP contribution in [0.3, 0.4) is 0 Å². The van der Waals surface area contributed by atoms with Crippen LogP contribution in [0.2, 0.25) is 0 Å². The normalized spacial score (nSPS) is 11.8. The van der Waals surface area contributed by atoms with Gasteiger partial charge in [0.05, 0.1) is 0 Å². The topological polar surface area (TPSA) is 58.2 Å². The summed E-state index contributed by atoms with van der Waals surface area (Å²) in [5.74, 6) is -4.95. The average Bonchev–Trinajstić information content (AvgIpc) is 2.31. The van der Waals surface area contributed by atoms with E-state index in [1.54, 1.807) is 0 Å². The molecule has 1 aromatic carbocycles. The molecule has 0 saturated carbocycles. The van der Waals surface area contributed by atoms with Gasteiger partial charge >= 0.3 is 0 Å². The van der Waals surface area contributed by atoms with Gasteiger partial charge in [0.1, 0.15) is 4.90 Å². The highest BCUT2D eigenvalue weighted by molar-refractivity contribution is 7.89. The summed E-state index contributed by atoms with van der Waals surface area (Å²) in [6.45, 7) is 2.86. The predicted octanol–water partition coefficient (Wildman–Crippen LogP) is 0.992. The van der Waals surface area contributed by atoms with E-state index in [-0.39, 0.29) is 6.54 Å². The molecule has 0 unspecified atom stereocenters. The first-order valence-corrected chi connectivity index (χ1v) is 6.72. The van der Waals surface area contributed by atoms with Crippen molar-refractivity contribution in [2.24, 2.45) is 0 Å². The molecule has 0 aliphatic heterocycles. The fourth-order valence-electron chi connectivity index (χ4n) is 1.24. The molecule has 0 aliphatic carbocycles. The van der Waals surface area contributed by atoms with Gasteiger partial charge in [-0.2, -0.15) is 0 Å². The van der Waals surface area contributed by atoms with Gasteiger partial charge in [-0.1, -0.05) is 6.92 Å². The van der Waals surface area contributed by atoms with Crippen LogP contribution in [0, 0.1) is 17.5 Å². The number of halogens is 3. The predicted molar refractivity (Wildman–Crippen MR) is 60.0 cm³/mol. The van der Waals surface area contributed by atoms with Crippen molar-refractivity contribution in [3.05, 3.63) is 29.6 Å². The monoisotopic (exact) mass is 282 g/mol. The van der Waals surface area contributed by atoms with Crippen LogP contribution in [0.5, 0.6) is 0 Å². The van der Waals surface area contributed by atoms with Crippen molar-refractivity contribution in [2.45, 2.75) is 11.8 Å². The molecule has 0 bridgehead atoms. The van der Waals surface area contributed by atoms with E-state index >= 15 is 0 Å². The quantitative estimate of drug-likeness (QED) is 0.604. The van der Waals surface area contributed by atoms with E-state index in [1.165, 1.54) is 0 Å². The Kier molecular flexibility index (Phi) is 5.12. The summed E-state index contributed by atoms with van der Waals surface area (Å²) in [6, 6.07) is 1.25. The van der Waals surface area contributed by atoms with Crippen LogP contribution in [0.15, 0.2) is 17.0 Å². The Labute approximate surface area is 103 Å². The number of nitrogens with one attached hydrogen (secondary N) is 2. The molecule has 0 atom stereocenters. The molecule has 2 N–H and O–H groups in total. The van der Waals surface area contributed by atoms with Crippen molar-refractivity contribution in [3.63, 3.8) is 0 Å². The number of rotatable bonds is 6. The number of hydrogen-bond donors (Lipinski definition) is 2. The van der Waals surface area contributed by atoms with E-state index in [2.05, 4.69) is 10.0 Å². The summed E-state index contributed by atoms with van der Waals surface area (Å²) in [4.78, 5) is -0.905. The number of likely N-dealkylation sites (N-methyl/N-ethyl adjacent to an activating group) is 1. The van der Waals surface area contributed by atoms with Crippen LogP contribution in [0.25, 0.3) is 0 Å². The summed E-state index contributed by atoms with van der Waals surface area (Å²) in [7, 11) is -4.18. The molecule has 1 aromatic rings. The van der Waals surface area contributed by atoms with Gasteiger partial charge in [-0.25, -0.2) is 26.3 Å². The van der Waals surface area contributed by atoms with Gasteiger partial charge in [0.2, 0.25) is 10.0 Å². The highest BCUT2D eigenvalue weighted by Crippen LogP contribution is 2.19. The fraction of sp³-hybridized carbons (Fsp3) is 0.400. The molecule has 0 spiro atoms. The van der Waals surface area contributed by atoms with Gasteiger partial charge in [-0.15, -0.1) is 0 Å². The second-order valence-corrected chi connectivity index (χ2v) is 5.16. The summed E-state index contributed by atoms with van der Waals surface area (Å²) >= 11 is 0. The molecule has 8 heteroatoms. The molecule has 0 saturated heterocycles. The molecule has 102 valence electrons. The SMILES string of the molecule is CCNCCNS(=O)(=O)c1ccc(F)c(F)c1F. The van der Waals surface area contributed by atoms with Crippen LogP contribution in [-0.4, -0.2) is 28.1 Å². The van der Waals surface area contributed by atoms with Crippen LogP contribution in [0.1, 0.15) is 6.92 Å². The second kappa shape index (κ2) is 6.17. The van der Waals surface area contributed by atoms with E-state index in [4.69, 9.17) is 0 Å². The molecular formula is C10H13F3N2O2S. The van der Waals surface area contributed by atoms with Crippen molar-refractivity contribution in [1.29, 1.82) is 0 Å². The smallest absolute Gasteiger partial charge is 0.243 e. The summed E-state index contributed by atoms with van der Waals surface area (Å²) < 4.78 is 64.2. The first-order valence-electron chi connectivity index (χ1n) is 5.24. The molecule has 0 amide bonds. The van der Waals surface area contributed by atoms with Crippen molar-refractivity contribution in [1.82, 2.24) is 10.0 Å². The maximum absolute atomic E-state index is 13.3. The summed E-state index contributed by atoms with van der Waals surface area (Å²) in [6.07, 6.45) is 0. The van der Waals surface area contributed by atoms with Gasteiger partial charge in [0, 0.05) is 13.1 Å². The third-order valence-corrected chi connectivity index (χ3v) is 3.61. The lowest BCUT2D eigenvalue weighted by atomic mass is 10.3. The number of hydrogen-bond acceptors (Lipinski definition) is 3. The Morgan fingerprint density at radius 2 is 1.78 bits per heavy atom. The first-order chi connectivity index (χ1) is 8.40. The van der Waals surface area contributed by atoms with Gasteiger partial charge in [0.25, 0.3) is 0 Å². The summed E-state index contributed by atoms with van der Waals surface area (Å²) in [5.41, 5.74) is 0. The van der Waals surface area contributed by atoms with E-state index in [0.717, 1.165) is 0 Å². The molecule has 0 radical (unpaired) electrons. The minimum atomic E-state index is -4.18. The largest absolute Gasteiger partial charge is 0.316 e. The Bertz CT molecular complexity index is 520. The number of sulfonamides is 1. The van der Waals surface area contributed by atoms with E-state index in [1.807, 2.05) is 6.92 Å². The van der Waals surface area contributed by atoms with Crippen molar-refractivity contribution in [2.75, 3.05) is 19.6 Å². The first kappa shape index (κ1) is 14.9. The van der Waals surface area contributed by atoms with Crippen LogP contribution in [-0.2, 0) is 10.0 Å². The lowest BCUT2D eigenvalue weighted by Gasteiger charge is -2.08. The van der Waals surface area contributed by atoms with E-state index in [0.29, 0.717) is 25.2 Å². The molecule has 0 aromatic heterocycles. The molecular weight excluding hydrogens is 269 g/mol. The molecule has 18 heavy (non-hydrogen) atoms. The van der Waals surface area contributed by atoms with Gasteiger partial charge in [-0.3, -0.25) is 0 Å². The Hall–Kier alpha value is -1.12. The Balaban J connectivity index is 2.89. The third-order valence-electron chi connectivity index (χ3n) is 2.13. The molecule has 0 fully saturated rings. The second-order valence-electron chi connectivity index (χ2n) is 3.42. The highest BCUT2D eigenvalue weighted by Gasteiger charge is 2.23. The van der Waals surface area contributed by atoms with Crippen LogP contribution in [0.4, 0.5) is 13.2 Å². The van der Waals surface area contributed by atoms with Crippen LogP contribution >= 0.6 is 0 Å². The van der Waals surface area contributed by atoms with Crippen LogP contribution < -0.4 is 10.0 Å². The van der Waals surface area contributed by atoms with Crippen molar-refractivity contribution < 1.29 is 21.6 Å². The lowest BCUT2D eigenvalue weighted by molar-refractivity contribution is 0.431. The summed E-state index contributed by atoms with van der Waals surface area (Å²) in [5, 5.41) is 2.85. The average molecular weight is 282 g/mol. The molecule has 4 nitrogen and oxygen atoms in total. The molecule has 0 aliphatic rings. The number of benzene rings is 1. The van der Waals surface area contributed by atoms with E-state index in [9.17, 15) is 21.6 Å². The molecule has 0 heterocycles. The van der Waals surface area contributed by atoms with Gasteiger partial charge in [0.15, 0.2) is 17.5 Å². The zero-order valence-corrected chi connectivity index (χ0v) is 10.5. The minimum Gasteiger partial charge on any atom is -0.316 e.